The van der Waals surface area contributed by atoms with E-state index in [9.17, 15) is 18.4 Å². The maximum atomic E-state index is 13.7. The van der Waals surface area contributed by atoms with Gasteiger partial charge in [0, 0.05) is 19.4 Å². The second-order valence-electron chi connectivity index (χ2n) is 4.70. The van der Waals surface area contributed by atoms with E-state index < -0.39 is 40.5 Å². The van der Waals surface area contributed by atoms with Gasteiger partial charge >= 0.3 is 11.9 Å². The topological polar surface area (TPSA) is 76.4 Å². The summed E-state index contributed by atoms with van der Waals surface area (Å²) in [5, 5.41) is 8.58. The van der Waals surface area contributed by atoms with Gasteiger partial charge in [0.25, 0.3) is 5.79 Å². The highest BCUT2D eigenvalue weighted by molar-refractivity contribution is 6.18. The van der Waals surface area contributed by atoms with Crippen molar-refractivity contribution in [3.63, 3.8) is 0 Å². The minimum atomic E-state index is -1.42. The molecule has 5 nitrogen and oxygen atoms in total. The van der Waals surface area contributed by atoms with E-state index in [0.717, 1.165) is 6.08 Å². The van der Waals surface area contributed by atoms with Gasteiger partial charge in [-0.15, -0.1) is 0 Å². The summed E-state index contributed by atoms with van der Waals surface area (Å²) in [6.45, 7) is 2.73. The minimum absolute atomic E-state index is 0.366. The number of nitriles is 1. The van der Waals surface area contributed by atoms with Crippen LogP contribution in [0, 0.1) is 23.0 Å². The molecule has 0 unspecified atom stereocenters. The zero-order valence-electron chi connectivity index (χ0n) is 11.1. The van der Waals surface area contributed by atoms with Crippen LogP contribution in [0.1, 0.15) is 25.0 Å². The van der Waals surface area contributed by atoms with Crippen LogP contribution in [0.4, 0.5) is 8.78 Å². The van der Waals surface area contributed by atoms with Crippen LogP contribution in [0.25, 0.3) is 6.08 Å². The summed E-state index contributed by atoms with van der Waals surface area (Å²) in [6, 6.07) is 2.86. The number of cyclic esters (lactones) is 2. The van der Waals surface area contributed by atoms with E-state index in [1.54, 1.807) is 0 Å². The van der Waals surface area contributed by atoms with Crippen LogP contribution in [0.2, 0.25) is 0 Å². The molecule has 1 aliphatic rings. The summed E-state index contributed by atoms with van der Waals surface area (Å²) in [5.74, 6) is -5.34. The molecule has 0 spiro atoms. The van der Waals surface area contributed by atoms with Gasteiger partial charge in [0.2, 0.25) is 0 Å². The molecule has 0 saturated carbocycles. The molecule has 7 heteroatoms. The Labute approximate surface area is 118 Å². The fourth-order valence-corrected chi connectivity index (χ4v) is 1.69. The van der Waals surface area contributed by atoms with Crippen molar-refractivity contribution in [2.75, 3.05) is 0 Å². The van der Waals surface area contributed by atoms with Crippen LogP contribution >= 0.6 is 0 Å². The number of carbonyl (C=O) groups is 2. The average molecular weight is 293 g/mol. The van der Waals surface area contributed by atoms with Gasteiger partial charge < -0.3 is 9.47 Å². The molecule has 1 aromatic carbocycles. The van der Waals surface area contributed by atoms with E-state index in [1.807, 2.05) is 0 Å². The molecule has 0 aromatic heterocycles. The zero-order valence-corrected chi connectivity index (χ0v) is 11.1. The monoisotopic (exact) mass is 293 g/mol. The van der Waals surface area contributed by atoms with Crippen molar-refractivity contribution in [2.24, 2.45) is 0 Å². The predicted octanol–water partition coefficient (Wildman–Crippen LogP) is 2.06. The van der Waals surface area contributed by atoms with Crippen molar-refractivity contribution >= 4 is 18.0 Å². The van der Waals surface area contributed by atoms with Crippen molar-refractivity contribution in [2.45, 2.75) is 19.6 Å². The Balaban J connectivity index is 2.45. The van der Waals surface area contributed by atoms with Gasteiger partial charge in [-0.25, -0.2) is 18.4 Å². The second kappa shape index (κ2) is 4.98. The van der Waals surface area contributed by atoms with Crippen LogP contribution in [0.5, 0.6) is 0 Å². The molecular formula is C14H9F2NO4. The smallest absolute Gasteiger partial charge is 0.348 e. The van der Waals surface area contributed by atoms with E-state index >= 15 is 0 Å². The van der Waals surface area contributed by atoms with Gasteiger partial charge in [-0.05, 0) is 18.2 Å². The van der Waals surface area contributed by atoms with Crippen LogP contribution < -0.4 is 0 Å². The molecule has 0 radical (unpaired) electrons. The molecule has 2 rings (SSSR count). The van der Waals surface area contributed by atoms with Crippen LogP contribution in [-0.4, -0.2) is 17.7 Å². The molecule has 0 amide bonds. The Bertz CT molecular complexity index is 694. The van der Waals surface area contributed by atoms with Crippen molar-refractivity contribution in [3.8, 4) is 6.07 Å². The summed E-state index contributed by atoms with van der Waals surface area (Å²) >= 11 is 0. The number of ether oxygens (including phenoxy) is 2. The highest BCUT2D eigenvalue weighted by Gasteiger charge is 2.39. The molecule has 108 valence electrons. The molecule has 0 atom stereocenters. The number of halogens is 2. The van der Waals surface area contributed by atoms with Crippen molar-refractivity contribution in [3.05, 3.63) is 40.5 Å². The Morgan fingerprint density at radius 3 is 2.24 bits per heavy atom. The molecule has 0 bridgehead atoms. The summed E-state index contributed by atoms with van der Waals surface area (Å²) in [4.78, 5) is 23.4. The lowest BCUT2D eigenvalue weighted by molar-refractivity contribution is -0.222. The van der Waals surface area contributed by atoms with E-state index in [0.29, 0.717) is 12.1 Å². The van der Waals surface area contributed by atoms with Gasteiger partial charge in [0.1, 0.15) is 23.3 Å². The molecule has 1 fully saturated rings. The lowest BCUT2D eigenvalue weighted by Crippen LogP contribution is -2.41. The third kappa shape index (κ3) is 2.89. The SMILES string of the molecule is CC1(C)OC(=O)C(=Cc2cc(F)c(C#N)cc2F)C(=O)O1. The van der Waals surface area contributed by atoms with Crippen LogP contribution in [0.15, 0.2) is 17.7 Å². The van der Waals surface area contributed by atoms with Crippen molar-refractivity contribution < 1.29 is 27.8 Å². The first-order valence-electron chi connectivity index (χ1n) is 5.81. The minimum Gasteiger partial charge on any atom is -0.419 e. The molecule has 0 N–H and O–H groups in total. The third-order valence-corrected chi connectivity index (χ3v) is 2.62. The maximum Gasteiger partial charge on any atom is 0.348 e. The lowest BCUT2D eigenvalue weighted by Gasteiger charge is -2.29. The number of benzene rings is 1. The maximum absolute atomic E-state index is 13.7. The number of esters is 2. The number of hydrogen-bond donors (Lipinski definition) is 0. The van der Waals surface area contributed by atoms with E-state index in [2.05, 4.69) is 0 Å². The third-order valence-electron chi connectivity index (χ3n) is 2.62. The Morgan fingerprint density at radius 1 is 1.14 bits per heavy atom. The van der Waals surface area contributed by atoms with Gasteiger partial charge in [0.05, 0.1) is 5.56 Å². The average Bonchev–Trinajstić information content (AvgIpc) is 2.36. The number of hydrogen-bond acceptors (Lipinski definition) is 5. The molecule has 1 aromatic rings. The highest BCUT2D eigenvalue weighted by atomic mass is 19.1. The lowest BCUT2D eigenvalue weighted by atomic mass is 10.1. The Kier molecular flexibility index (Phi) is 3.47. The van der Waals surface area contributed by atoms with E-state index in [-0.39, 0.29) is 5.56 Å². The van der Waals surface area contributed by atoms with Gasteiger partial charge in [0.15, 0.2) is 0 Å². The summed E-state index contributed by atoms with van der Waals surface area (Å²) < 4.78 is 36.8. The largest absolute Gasteiger partial charge is 0.419 e. The van der Waals surface area contributed by atoms with Crippen molar-refractivity contribution in [1.29, 1.82) is 5.26 Å². The number of nitrogens with zero attached hydrogens (tertiary/aromatic N) is 1. The number of rotatable bonds is 1. The predicted molar refractivity (Wildman–Crippen MR) is 65.3 cm³/mol. The molecule has 1 saturated heterocycles. The first kappa shape index (κ1) is 14.7. The van der Waals surface area contributed by atoms with Crippen LogP contribution in [0.3, 0.4) is 0 Å². The quantitative estimate of drug-likeness (QED) is 0.450. The second-order valence-corrected chi connectivity index (χ2v) is 4.70. The Hall–Kier alpha value is -2.75. The summed E-state index contributed by atoms with van der Waals surface area (Å²) in [7, 11) is 0. The van der Waals surface area contributed by atoms with Gasteiger partial charge in [-0.3, -0.25) is 0 Å². The van der Waals surface area contributed by atoms with E-state index in [1.165, 1.54) is 19.9 Å². The number of carbonyl (C=O) groups excluding carboxylic acids is 2. The molecule has 21 heavy (non-hydrogen) atoms. The summed E-state index contributed by atoms with van der Waals surface area (Å²) in [5.41, 5.74) is -1.41. The first-order valence-corrected chi connectivity index (χ1v) is 5.81. The first-order chi connectivity index (χ1) is 9.73. The van der Waals surface area contributed by atoms with Crippen molar-refractivity contribution in [1.82, 2.24) is 0 Å². The highest BCUT2D eigenvalue weighted by Crippen LogP contribution is 2.25. The molecule has 0 aliphatic carbocycles. The zero-order chi connectivity index (χ0) is 15.8. The molecular weight excluding hydrogens is 284 g/mol. The Morgan fingerprint density at radius 2 is 1.71 bits per heavy atom. The van der Waals surface area contributed by atoms with Crippen LogP contribution in [-0.2, 0) is 19.1 Å². The fraction of sp³-hybridized carbons (Fsp3) is 0.214. The van der Waals surface area contributed by atoms with E-state index in [4.69, 9.17) is 14.7 Å². The van der Waals surface area contributed by atoms with Gasteiger partial charge in [-0.2, -0.15) is 5.26 Å². The van der Waals surface area contributed by atoms with Gasteiger partial charge in [-0.1, -0.05) is 0 Å². The standard InChI is InChI=1S/C14H9F2NO4/c1-14(2)20-12(18)9(13(19)21-14)3-7-4-11(16)8(6-17)5-10(7)15/h3-5H,1-2H3. The molecule has 1 heterocycles. The normalized spacial score (nSPS) is 16.8. The fourth-order valence-electron chi connectivity index (χ4n) is 1.69. The molecule has 1 aliphatic heterocycles. The summed E-state index contributed by atoms with van der Waals surface area (Å²) in [6.07, 6.45) is 0.819.